The van der Waals surface area contributed by atoms with Gasteiger partial charge in [0.15, 0.2) is 0 Å². The van der Waals surface area contributed by atoms with Crippen LogP contribution in [0.2, 0.25) is 0 Å². The number of rotatable bonds is 5. The highest BCUT2D eigenvalue weighted by atomic mass is 15.3. The Bertz CT molecular complexity index is 224. The molecule has 0 saturated carbocycles. The zero-order valence-electron chi connectivity index (χ0n) is 12.0. The van der Waals surface area contributed by atoms with Crippen molar-refractivity contribution in [1.29, 1.82) is 0 Å². The fourth-order valence-electron chi connectivity index (χ4n) is 2.36. The number of hydrogen-bond acceptors (Lipinski definition) is 3. The van der Waals surface area contributed by atoms with E-state index in [1.807, 2.05) is 6.08 Å². The fraction of sp³-hybridized carbons (Fsp3) is 0.857. The van der Waals surface area contributed by atoms with Crippen molar-refractivity contribution >= 4 is 0 Å². The van der Waals surface area contributed by atoms with Gasteiger partial charge in [0.2, 0.25) is 0 Å². The lowest BCUT2D eigenvalue weighted by atomic mass is 10.0. The lowest BCUT2D eigenvalue weighted by molar-refractivity contribution is 0.0458. The van der Waals surface area contributed by atoms with Crippen LogP contribution in [0.3, 0.4) is 0 Å². The fourth-order valence-corrected chi connectivity index (χ4v) is 2.36. The second kappa shape index (κ2) is 6.53. The Hall–Kier alpha value is -0.380. The van der Waals surface area contributed by atoms with Crippen molar-refractivity contribution in [1.82, 2.24) is 15.1 Å². The van der Waals surface area contributed by atoms with Crippen molar-refractivity contribution in [3.63, 3.8) is 0 Å². The van der Waals surface area contributed by atoms with Crippen molar-refractivity contribution in [2.75, 3.05) is 39.3 Å². The van der Waals surface area contributed by atoms with Crippen LogP contribution in [0, 0.1) is 0 Å². The number of nitrogens with one attached hydrogen (secondary N) is 1. The normalized spacial score (nSPS) is 21.4. The van der Waals surface area contributed by atoms with E-state index < -0.39 is 0 Å². The van der Waals surface area contributed by atoms with Gasteiger partial charge in [-0.05, 0) is 27.7 Å². The standard InChI is InChI=1S/C14H29N3/c1-6-7-15-12-13(2)16-8-10-17(11-9-16)14(3,4)5/h6,13,15H,1,7-12H2,2-5H3. The Morgan fingerprint density at radius 1 is 1.24 bits per heavy atom. The van der Waals surface area contributed by atoms with Gasteiger partial charge >= 0.3 is 0 Å². The summed E-state index contributed by atoms with van der Waals surface area (Å²) in [6.07, 6.45) is 1.92. The first-order valence-corrected chi connectivity index (χ1v) is 6.76. The third kappa shape index (κ3) is 4.78. The highest BCUT2D eigenvalue weighted by Gasteiger charge is 2.27. The lowest BCUT2D eigenvalue weighted by Gasteiger charge is -2.44. The molecule has 0 radical (unpaired) electrons. The molecule has 0 bridgehead atoms. The van der Waals surface area contributed by atoms with Gasteiger partial charge in [0.1, 0.15) is 0 Å². The maximum atomic E-state index is 3.72. The zero-order chi connectivity index (χ0) is 12.9. The van der Waals surface area contributed by atoms with Crippen molar-refractivity contribution < 1.29 is 0 Å². The minimum Gasteiger partial charge on any atom is -0.312 e. The van der Waals surface area contributed by atoms with Gasteiger partial charge in [-0.3, -0.25) is 9.80 Å². The summed E-state index contributed by atoms with van der Waals surface area (Å²) in [5, 5.41) is 3.40. The van der Waals surface area contributed by atoms with E-state index in [0.717, 1.165) is 13.1 Å². The van der Waals surface area contributed by atoms with E-state index in [0.29, 0.717) is 11.6 Å². The predicted octanol–water partition coefficient (Wildman–Crippen LogP) is 1.57. The maximum Gasteiger partial charge on any atom is 0.0193 e. The molecule has 1 atom stereocenters. The molecule has 100 valence electrons. The third-order valence-corrected chi connectivity index (χ3v) is 3.61. The molecule has 1 saturated heterocycles. The molecule has 1 heterocycles. The average Bonchev–Trinajstić information content (AvgIpc) is 2.28. The molecule has 1 unspecified atom stereocenters. The van der Waals surface area contributed by atoms with Gasteiger partial charge in [-0.25, -0.2) is 0 Å². The molecule has 1 fully saturated rings. The summed E-state index contributed by atoms with van der Waals surface area (Å²) < 4.78 is 0. The van der Waals surface area contributed by atoms with Crippen LogP contribution < -0.4 is 5.32 Å². The molecule has 0 aliphatic carbocycles. The van der Waals surface area contributed by atoms with Crippen LogP contribution in [0.5, 0.6) is 0 Å². The first-order valence-electron chi connectivity index (χ1n) is 6.76. The number of hydrogen-bond donors (Lipinski definition) is 1. The van der Waals surface area contributed by atoms with E-state index >= 15 is 0 Å². The van der Waals surface area contributed by atoms with Gasteiger partial charge in [-0.1, -0.05) is 6.08 Å². The molecule has 1 aliphatic rings. The molecule has 3 heteroatoms. The lowest BCUT2D eigenvalue weighted by Crippen LogP contribution is -2.56. The largest absolute Gasteiger partial charge is 0.312 e. The Morgan fingerprint density at radius 3 is 2.29 bits per heavy atom. The highest BCUT2D eigenvalue weighted by Crippen LogP contribution is 2.16. The predicted molar refractivity (Wildman–Crippen MR) is 75.4 cm³/mol. The quantitative estimate of drug-likeness (QED) is 0.580. The van der Waals surface area contributed by atoms with Gasteiger partial charge in [0.05, 0.1) is 0 Å². The van der Waals surface area contributed by atoms with Crippen LogP contribution in [0.15, 0.2) is 12.7 Å². The first-order chi connectivity index (χ1) is 7.95. The second-order valence-electron chi connectivity index (χ2n) is 5.99. The SMILES string of the molecule is C=CCNCC(C)N1CCN(C(C)(C)C)CC1. The zero-order valence-corrected chi connectivity index (χ0v) is 12.0. The van der Waals surface area contributed by atoms with Crippen molar-refractivity contribution in [3.05, 3.63) is 12.7 Å². The van der Waals surface area contributed by atoms with Crippen LogP contribution in [0.1, 0.15) is 27.7 Å². The Labute approximate surface area is 107 Å². The molecular weight excluding hydrogens is 210 g/mol. The monoisotopic (exact) mass is 239 g/mol. The van der Waals surface area contributed by atoms with Crippen LogP contribution >= 0.6 is 0 Å². The second-order valence-corrected chi connectivity index (χ2v) is 5.99. The molecule has 0 aromatic heterocycles. The summed E-state index contributed by atoms with van der Waals surface area (Å²) in [5.41, 5.74) is 0.316. The first kappa shape index (κ1) is 14.7. The maximum absolute atomic E-state index is 3.72. The summed E-state index contributed by atoms with van der Waals surface area (Å²) in [5.74, 6) is 0. The molecule has 0 amide bonds. The third-order valence-electron chi connectivity index (χ3n) is 3.61. The minimum absolute atomic E-state index is 0.316. The van der Waals surface area contributed by atoms with E-state index in [4.69, 9.17) is 0 Å². The van der Waals surface area contributed by atoms with E-state index in [9.17, 15) is 0 Å². The molecule has 0 aromatic rings. The van der Waals surface area contributed by atoms with Gasteiger partial charge in [0, 0.05) is 50.8 Å². The average molecular weight is 239 g/mol. The van der Waals surface area contributed by atoms with Crippen LogP contribution in [-0.2, 0) is 0 Å². The minimum atomic E-state index is 0.316. The van der Waals surface area contributed by atoms with Crippen LogP contribution in [0.4, 0.5) is 0 Å². The topological polar surface area (TPSA) is 18.5 Å². The summed E-state index contributed by atoms with van der Waals surface area (Å²) in [6, 6.07) is 0.622. The van der Waals surface area contributed by atoms with Gasteiger partial charge < -0.3 is 5.32 Å². The summed E-state index contributed by atoms with van der Waals surface area (Å²) in [6.45, 7) is 19.7. The van der Waals surface area contributed by atoms with Crippen LogP contribution in [0.25, 0.3) is 0 Å². The molecule has 1 rings (SSSR count). The van der Waals surface area contributed by atoms with Gasteiger partial charge in [-0.15, -0.1) is 6.58 Å². The molecule has 3 nitrogen and oxygen atoms in total. The Morgan fingerprint density at radius 2 is 1.82 bits per heavy atom. The highest BCUT2D eigenvalue weighted by molar-refractivity contribution is 4.84. The number of piperazine rings is 1. The van der Waals surface area contributed by atoms with Gasteiger partial charge in [0.25, 0.3) is 0 Å². The smallest absolute Gasteiger partial charge is 0.0193 e. The summed E-state index contributed by atoms with van der Waals surface area (Å²) in [7, 11) is 0. The van der Waals surface area contributed by atoms with Crippen LogP contribution in [-0.4, -0.2) is 60.6 Å². The molecule has 1 aliphatic heterocycles. The van der Waals surface area contributed by atoms with Crippen molar-refractivity contribution in [2.45, 2.75) is 39.3 Å². The van der Waals surface area contributed by atoms with E-state index in [-0.39, 0.29) is 0 Å². The van der Waals surface area contributed by atoms with Gasteiger partial charge in [-0.2, -0.15) is 0 Å². The summed E-state index contributed by atoms with van der Waals surface area (Å²) in [4.78, 5) is 5.16. The molecular formula is C14H29N3. The Balaban J connectivity index is 2.28. The molecule has 1 N–H and O–H groups in total. The van der Waals surface area contributed by atoms with Crippen molar-refractivity contribution in [2.24, 2.45) is 0 Å². The summed E-state index contributed by atoms with van der Waals surface area (Å²) >= 11 is 0. The Kier molecular flexibility index (Phi) is 5.63. The molecule has 0 aromatic carbocycles. The number of nitrogens with zero attached hydrogens (tertiary/aromatic N) is 2. The molecule has 0 spiro atoms. The van der Waals surface area contributed by atoms with E-state index in [1.165, 1.54) is 26.2 Å². The molecule has 17 heavy (non-hydrogen) atoms. The van der Waals surface area contributed by atoms with E-state index in [1.54, 1.807) is 0 Å². The van der Waals surface area contributed by atoms with Crippen molar-refractivity contribution in [3.8, 4) is 0 Å². The van der Waals surface area contributed by atoms with E-state index in [2.05, 4.69) is 49.4 Å².